The van der Waals surface area contributed by atoms with Gasteiger partial charge in [-0.05, 0) is 56.6 Å². The van der Waals surface area contributed by atoms with E-state index in [4.69, 9.17) is 5.73 Å². The Morgan fingerprint density at radius 1 is 1.38 bits per heavy atom. The smallest absolute Gasteiger partial charge is 0.240 e. The van der Waals surface area contributed by atoms with Crippen LogP contribution in [0.5, 0.6) is 5.75 Å². The normalized spacial score (nSPS) is 18.0. The highest BCUT2D eigenvalue weighted by molar-refractivity contribution is 7.89. The first-order chi connectivity index (χ1) is 9.92. The van der Waals surface area contributed by atoms with Crippen molar-refractivity contribution in [3.63, 3.8) is 0 Å². The Labute approximate surface area is 126 Å². The number of sulfonamides is 1. The van der Waals surface area contributed by atoms with E-state index in [0.29, 0.717) is 12.5 Å². The Kier molecular flexibility index (Phi) is 5.08. The van der Waals surface area contributed by atoms with Crippen molar-refractivity contribution >= 4 is 15.7 Å². The maximum Gasteiger partial charge on any atom is 0.240 e. The van der Waals surface area contributed by atoms with Gasteiger partial charge in [0.1, 0.15) is 5.75 Å². The lowest BCUT2D eigenvalue weighted by Gasteiger charge is -2.30. The van der Waals surface area contributed by atoms with Gasteiger partial charge in [-0.3, -0.25) is 0 Å². The third-order valence-corrected chi connectivity index (χ3v) is 5.45. The second kappa shape index (κ2) is 6.64. The molecule has 1 saturated heterocycles. The molecule has 0 radical (unpaired) electrons. The molecule has 6 nitrogen and oxygen atoms in total. The largest absolute Gasteiger partial charge is 0.506 e. The minimum absolute atomic E-state index is 0.0640. The third-order valence-electron chi connectivity index (χ3n) is 4.03. The predicted octanol–water partition coefficient (Wildman–Crippen LogP) is 0.985. The minimum Gasteiger partial charge on any atom is -0.506 e. The number of piperidine rings is 1. The Balaban J connectivity index is 1.94. The number of hydrogen-bond donors (Lipinski definition) is 3. The van der Waals surface area contributed by atoms with E-state index in [1.54, 1.807) is 0 Å². The highest BCUT2D eigenvalue weighted by atomic mass is 32.2. The first kappa shape index (κ1) is 16.1. The summed E-state index contributed by atoms with van der Waals surface area (Å²) in [7, 11) is -3.57. The number of phenolic OH excluding ortho intramolecular Hbond substituents is 1. The van der Waals surface area contributed by atoms with Crippen molar-refractivity contribution in [3.8, 4) is 5.75 Å². The van der Waals surface area contributed by atoms with Gasteiger partial charge in [0.05, 0.1) is 10.6 Å². The van der Waals surface area contributed by atoms with Gasteiger partial charge in [0.2, 0.25) is 10.0 Å². The molecule has 1 aliphatic heterocycles. The molecule has 1 fully saturated rings. The fourth-order valence-electron chi connectivity index (χ4n) is 2.52. The van der Waals surface area contributed by atoms with E-state index in [2.05, 4.69) is 16.5 Å². The fraction of sp³-hybridized carbons (Fsp3) is 0.571. The van der Waals surface area contributed by atoms with Gasteiger partial charge in [-0.15, -0.1) is 0 Å². The van der Waals surface area contributed by atoms with Gasteiger partial charge in [-0.1, -0.05) is 6.92 Å². The first-order valence-corrected chi connectivity index (χ1v) is 8.71. The zero-order valence-corrected chi connectivity index (χ0v) is 13.1. The molecule has 2 rings (SSSR count). The Bertz CT molecular complexity index is 581. The molecular formula is C14H23N3O3S. The van der Waals surface area contributed by atoms with E-state index in [1.165, 1.54) is 18.2 Å². The van der Waals surface area contributed by atoms with E-state index in [9.17, 15) is 13.5 Å². The summed E-state index contributed by atoms with van der Waals surface area (Å²) in [5.41, 5.74) is 5.60. The van der Waals surface area contributed by atoms with Gasteiger partial charge >= 0.3 is 0 Å². The second-order valence-electron chi connectivity index (χ2n) is 5.45. The molecule has 118 valence electrons. The number of rotatable bonds is 5. The quantitative estimate of drug-likeness (QED) is 0.556. The molecule has 1 aromatic carbocycles. The number of hydrogen-bond acceptors (Lipinski definition) is 5. The van der Waals surface area contributed by atoms with Crippen molar-refractivity contribution in [1.82, 2.24) is 9.62 Å². The van der Waals surface area contributed by atoms with E-state index in [-0.39, 0.29) is 16.3 Å². The molecule has 0 bridgehead atoms. The van der Waals surface area contributed by atoms with Crippen LogP contribution in [0.3, 0.4) is 0 Å². The molecule has 1 aliphatic rings. The van der Waals surface area contributed by atoms with Crippen LogP contribution >= 0.6 is 0 Å². The van der Waals surface area contributed by atoms with Crippen molar-refractivity contribution in [1.29, 1.82) is 0 Å². The highest BCUT2D eigenvalue weighted by Gasteiger charge is 2.21. The van der Waals surface area contributed by atoms with Crippen LogP contribution in [0.25, 0.3) is 0 Å². The van der Waals surface area contributed by atoms with Gasteiger partial charge in [0, 0.05) is 6.54 Å². The van der Waals surface area contributed by atoms with Crippen LogP contribution in [0.1, 0.15) is 19.8 Å². The first-order valence-electron chi connectivity index (χ1n) is 7.23. The molecule has 0 atom stereocenters. The SMILES string of the molecule is CCN1CCC(CNS(=O)(=O)c2ccc(O)c(N)c2)CC1. The lowest BCUT2D eigenvalue weighted by Crippen LogP contribution is -2.38. The Morgan fingerprint density at radius 2 is 2.05 bits per heavy atom. The van der Waals surface area contributed by atoms with Crippen LogP contribution in [-0.2, 0) is 10.0 Å². The average Bonchev–Trinajstić information content (AvgIpc) is 2.48. The number of anilines is 1. The van der Waals surface area contributed by atoms with Crippen molar-refractivity contribution < 1.29 is 13.5 Å². The van der Waals surface area contributed by atoms with E-state index >= 15 is 0 Å². The summed E-state index contributed by atoms with van der Waals surface area (Å²) in [6.07, 6.45) is 2.02. The standard InChI is InChI=1S/C14H23N3O3S/c1-2-17-7-5-11(6-8-17)10-16-21(19,20)12-3-4-14(18)13(15)9-12/h3-4,9,11,16,18H,2,5-8,10,15H2,1H3. The second-order valence-corrected chi connectivity index (χ2v) is 7.22. The molecule has 7 heteroatoms. The monoisotopic (exact) mass is 313 g/mol. The molecule has 1 aromatic rings. The van der Waals surface area contributed by atoms with Crippen molar-refractivity contribution in [2.24, 2.45) is 5.92 Å². The zero-order chi connectivity index (χ0) is 15.5. The van der Waals surface area contributed by atoms with Crippen molar-refractivity contribution in [2.75, 3.05) is 31.9 Å². The van der Waals surface area contributed by atoms with E-state index in [0.717, 1.165) is 32.5 Å². The summed E-state index contributed by atoms with van der Waals surface area (Å²) >= 11 is 0. The number of likely N-dealkylation sites (tertiary alicyclic amines) is 1. The third kappa shape index (κ3) is 4.09. The minimum atomic E-state index is -3.57. The summed E-state index contributed by atoms with van der Waals surface area (Å²) in [5, 5.41) is 9.35. The number of benzene rings is 1. The molecule has 0 spiro atoms. The van der Waals surface area contributed by atoms with E-state index < -0.39 is 10.0 Å². The van der Waals surface area contributed by atoms with E-state index in [1.807, 2.05) is 0 Å². The topological polar surface area (TPSA) is 95.7 Å². The van der Waals surface area contributed by atoms with Gasteiger partial charge in [-0.2, -0.15) is 0 Å². The summed E-state index contributed by atoms with van der Waals surface area (Å²) < 4.78 is 27.0. The van der Waals surface area contributed by atoms with Gasteiger partial charge < -0.3 is 15.7 Å². The van der Waals surface area contributed by atoms with Crippen LogP contribution in [0, 0.1) is 5.92 Å². The molecule has 0 aromatic heterocycles. The number of nitrogens with zero attached hydrogens (tertiary/aromatic N) is 1. The molecule has 0 amide bonds. The van der Waals surface area contributed by atoms with Crippen LogP contribution in [-0.4, -0.2) is 44.6 Å². The molecular weight excluding hydrogens is 290 g/mol. The maximum atomic E-state index is 12.2. The zero-order valence-electron chi connectivity index (χ0n) is 12.2. The molecule has 0 saturated carbocycles. The Morgan fingerprint density at radius 3 is 2.62 bits per heavy atom. The van der Waals surface area contributed by atoms with Crippen LogP contribution in [0.15, 0.2) is 23.1 Å². The molecule has 0 unspecified atom stereocenters. The summed E-state index contributed by atoms with van der Waals surface area (Å²) in [4.78, 5) is 2.45. The lowest BCUT2D eigenvalue weighted by atomic mass is 9.97. The van der Waals surface area contributed by atoms with Gasteiger partial charge in [0.15, 0.2) is 0 Å². The lowest BCUT2D eigenvalue weighted by molar-refractivity contribution is 0.194. The molecule has 4 N–H and O–H groups in total. The van der Waals surface area contributed by atoms with Crippen molar-refractivity contribution in [2.45, 2.75) is 24.7 Å². The maximum absolute atomic E-state index is 12.2. The van der Waals surface area contributed by atoms with Crippen LogP contribution in [0.4, 0.5) is 5.69 Å². The molecule has 0 aliphatic carbocycles. The molecule has 1 heterocycles. The highest BCUT2D eigenvalue weighted by Crippen LogP contribution is 2.23. The van der Waals surface area contributed by atoms with Crippen LogP contribution in [0.2, 0.25) is 0 Å². The number of phenols is 1. The van der Waals surface area contributed by atoms with Crippen LogP contribution < -0.4 is 10.5 Å². The summed E-state index contributed by atoms with van der Waals surface area (Å²) in [6.45, 7) is 5.67. The fourth-order valence-corrected chi connectivity index (χ4v) is 3.67. The Hall–Kier alpha value is -1.31. The number of aromatic hydroxyl groups is 1. The summed E-state index contributed by atoms with van der Waals surface area (Å²) in [6, 6.07) is 3.93. The molecule has 21 heavy (non-hydrogen) atoms. The predicted molar refractivity (Wildman–Crippen MR) is 82.5 cm³/mol. The average molecular weight is 313 g/mol. The van der Waals surface area contributed by atoms with Gasteiger partial charge in [-0.25, -0.2) is 13.1 Å². The number of nitrogens with two attached hydrogens (primary N) is 1. The van der Waals surface area contributed by atoms with Gasteiger partial charge in [0.25, 0.3) is 0 Å². The summed E-state index contributed by atoms with van der Waals surface area (Å²) in [5.74, 6) is 0.262. The number of nitrogen functional groups attached to an aromatic ring is 1. The van der Waals surface area contributed by atoms with Crippen molar-refractivity contribution in [3.05, 3.63) is 18.2 Å². The number of nitrogens with one attached hydrogen (secondary N) is 1.